The number of hydrogen-bond donors (Lipinski definition) is 0. The summed E-state index contributed by atoms with van der Waals surface area (Å²) in [5.41, 5.74) is -1.09. The van der Waals surface area contributed by atoms with Crippen LogP contribution in [0.2, 0.25) is 0 Å². The molecule has 1 aromatic carbocycles. The van der Waals surface area contributed by atoms with E-state index in [1.165, 1.54) is 31.2 Å². The third-order valence-corrected chi connectivity index (χ3v) is 3.66. The van der Waals surface area contributed by atoms with E-state index in [0.717, 1.165) is 7.11 Å². The number of nitrogens with zero attached hydrogens (tertiary/aromatic N) is 1. The molecule has 0 atom stereocenters. The molecule has 0 saturated heterocycles. The molecule has 0 radical (unpaired) electrons. The maximum Gasteiger partial charge on any atom is 0.499 e. The molecule has 0 spiro atoms. The minimum atomic E-state index is -6.10. The van der Waals surface area contributed by atoms with E-state index in [1.807, 2.05) is 0 Å². The Balaban J connectivity index is 2.57. The van der Waals surface area contributed by atoms with E-state index in [-0.39, 0.29) is 17.7 Å². The lowest BCUT2D eigenvalue weighted by Gasteiger charge is -2.37. The first-order valence-corrected chi connectivity index (χ1v) is 7.97. The fourth-order valence-corrected chi connectivity index (χ4v) is 2.40. The second-order valence-corrected chi connectivity index (χ2v) is 5.53. The lowest BCUT2D eigenvalue weighted by molar-refractivity contribution is -0.379. The number of rotatable bonds is 7. The number of esters is 2. The van der Waals surface area contributed by atoms with Crippen molar-refractivity contribution in [3.63, 3.8) is 0 Å². The molecule has 0 aliphatic carbocycles. The molecule has 0 saturated carbocycles. The van der Waals surface area contributed by atoms with Crippen LogP contribution in [-0.4, -0.2) is 55.3 Å². The summed E-state index contributed by atoms with van der Waals surface area (Å²) < 4.78 is 77.1. The number of hydrogen-bond acceptors (Lipinski definition) is 6. The van der Waals surface area contributed by atoms with Gasteiger partial charge < -0.3 is 14.2 Å². The highest BCUT2D eigenvalue weighted by Gasteiger charge is 2.63. The number of amides is 1. The van der Waals surface area contributed by atoms with Crippen molar-refractivity contribution in [2.75, 3.05) is 20.3 Å². The quantitative estimate of drug-likeness (QED) is 0.496. The average molecular weight is 423 g/mol. The highest BCUT2D eigenvalue weighted by atomic mass is 19.4. The lowest BCUT2D eigenvalue weighted by atomic mass is 9.97. The van der Waals surface area contributed by atoms with Crippen LogP contribution >= 0.6 is 0 Å². The Hall–Kier alpha value is -3.18. The van der Waals surface area contributed by atoms with Gasteiger partial charge in [-0.2, -0.15) is 22.0 Å². The van der Waals surface area contributed by atoms with Gasteiger partial charge in [0.2, 0.25) is 5.76 Å². The van der Waals surface area contributed by atoms with E-state index >= 15 is 0 Å². The van der Waals surface area contributed by atoms with Crippen LogP contribution in [-0.2, 0) is 23.8 Å². The fourth-order valence-electron chi connectivity index (χ4n) is 2.40. The standard InChI is InChI=1S/C17H14F5NO6/c1-3-28-11(24)8-23-12(9-6-4-5-7-10(9)15(26)27-2)13(14(23)25)29-17(21,22)16(18,19)20/h4-7H,3,8H2,1-2H3. The fraction of sp³-hybridized carbons (Fsp3) is 0.353. The summed E-state index contributed by atoms with van der Waals surface area (Å²) in [6, 6.07) is 5.07. The summed E-state index contributed by atoms with van der Waals surface area (Å²) in [6.45, 7) is 0.619. The SMILES string of the molecule is CCOC(=O)CN1C(=O)C(OC(F)(F)C(F)(F)F)=C1c1ccccc1C(=O)OC. The third kappa shape index (κ3) is 4.30. The summed E-state index contributed by atoms with van der Waals surface area (Å²) >= 11 is 0. The number of methoxy groups -OCH3 is 1. The zero-order chi connectivity index (χ0) is 22.0. The summed E-state index contributed by atoms with van der Waals surface area (Å²) in [6.07, 6.45) is -11.8. The maximum absolute atomic E-state index is 13.4. The van der Waals surface area contributed by atoms with Crippen molar-refractivity contribution < 1.29 is 50.5 Å². The van der Waals surface area contributed by atoms with Gasteiger partial charge in [0.25, 0.3) is 5.91 Å². The van der Waals surface area contributed by atoms with E-state index < -0.39 is 48.1 Å². The van der Waals surface area contributed by atoms with Gasteiger partial charge in [0.15, 0.2) is 0 Å². The van der Waals surface area contributed by atoms with Gasteiger partial charge in [0.05, 0.1) is 19.3 Å². The molecule has 1 heterocycles. The van der Waals surface area contributed by atoms with Crippen molar-refractivity contribution in [1.82, 2.24) is 4.90 Å². The smallest absolute Gasteiger partial charge is 0.465 e. The number of ether oxygens (including phenoxy) is 3. The van der Waals surface area contributed by atoms with Crippen LogP contribution in [0.25, 0.3) is 5.70 Å². The number of alkyl halides is 5. The van der Waals surface area contributed by atoms with Gasteiger partial charge in [0.1, 0.15) is 12.2 Å². The molecule has 158 valence electrons. The Morgan fingerprint density at radius 3 is 2.28 bits per heavy atom. The highest BCUT2D eigenvalue weighted by Crippen LogP contribution is 2.44. The van der Waals surface area contributed by atoms with E-state index in [9.17, 15) is 36.3 Å². The molecule has 2 rings (SSSR count). The highest BCUT2D eigenvalue weighted by molar-refractivity contribution is 6.15. The molecule has 0 unspecified atom stereocenters. The largest absolute Gasteiger partial charge is 0.499 e. The second-order valence-electron chi connectivity index (χ2n) is 5.53. The Kier molecular flexibility index (Phi) is 6.14. The molecule has 0 fully saturated rings. The summed E-state index contributed by atoms with van der Waals surface area (Å²) in [7, 11) is 1.02. The van der Waals surface area contributed by atoms with Gasteiger partial charge in [-0.05, 0) is 13.0 Å². The van der Waals surface area contributed by atoms with Crippen molar-refractivity contribution in [1.29, 1.82) is 0 Å². The zero-order valence-corrected chi connectivity index (χ0v) is 15.0. The van der Waals surface area contributed by atoms with E-state index in [4.69, 9.17) is 0 Å². The van der Waals surface area contributed by atoms with Crippen LogP contribution in [0.15, 0.2) is 30.0 Å². The molecule has 0 aromatic heterocycles. The van der Waals surface area contributed by atoms with Crippen molar-refractivity contribution in [2.24, 2.45) is 0 Å². The topological polar surface area (TPSA) is 82.1 Å². The molecule has 0 N–H and O–H groups in total. The molecule has 1 amide bonds. The Morgan fingerprint density at radius 2 is 1.72 bits per heavy atom. The Bertz CT molecular complexity index is 864. The monoisotopic (exact) mass is 423 g/mol. The number of halogens is 5. The average Bonchev–Trinajstić information content (AvgIpc) is 2.65. The van der Waals surface area contributed by atoms with Crippen LogP contribution in [0, 0.1) is 0 Å². The number of carbonyl (C=O) groups is 3. The molecule has 1 aliphatic heterocycles. The molecular formula is C17H14F5NO6. The van der Waals surface area contributed by atoms with Gasteiger partial charge >= 0.3 is 24.2 Å². The predicted molar refractivity (Wildman–Crippen MR) is 85.1 cm³/mol. The number of carbonyl (C=O) groups excluding carboxylic acids is 3. The van der Waals surface area contributed by atoms with Crippen molar-refractivity contribution in [3.8, 4) is 0 Å². The van der Waals surface area contributed by atoms with Gasteiger partial charge in [-0.15, -0.1) is 0 Å². The van der Waals surface area contributed by atoms with E-state index in [0.29, 0.717) is 4.90 Å². The lowest BCUT2D eigenvalue weighted by Crippen LogP contribution is -2.49. The van der Waals surface area contributed by atoms with Crippen LogP contribution in [0.1, 0.15) is 22.8 Å². The maximum atomic E-state index is 13.4. The number of benzene rings is 1. The van der Waals surface area contributed by atoms with Gasteiger partial charge in [0, 0.05) is 5.56 Å². The zero-order valence-electron chi connectivity index (χ0n) is 15.0. The summed E-state index contributed by atoms with van der Waals surface area (Å²) in [5, 5.41) is 0. The first-order valence-electron chi connectivity index (χ1n) is 7.97. The van der Waals surface area contributed by atoms with E-state index in [1.54, 1.807) is 0 Å². The Morgan fingerprint density at radius 1 is 1.10 bits per heavy atom. The second kappa shape index (κ2) is 8.05. The molecule has 1 aliphatic rings. The van der Waals surface area contributed by atoms with Crippen molar-refractivity contribution in [3.05, 3.63) is 41.2 Å². The van der Waals surface area contributed by atoms with E-state index in [2.05, 4.69) is 14.2 Å². The Labute approximate surface area is 160 Å². The van der Waals surface area contributed by atoms with Gasteiger partial charge in [-0.3, -0.25) is 14.5 Å². The summed E-state index contributed by atoms with van der Waals surface area (Å²) in [5.74, 6) is -4.66. The molecule has 0 bridgehead atoms. The minimum Gasteiger partial charge on any atom is -0.465 e. The molecule has 12 heteroatoms. The third-order valence-electron chi connectivity index (χ3n) is 3.66. The minimum absolute atomic E-state index is 0.0613. The molecule has 1 aromatic rings. The molecular weight excluding hydrogens is 409 g/mol. The van der Waals surface area contributed by atoms with Crippen molar-refractivity contribution >= 4 is 23.5 Å². The van der Waals surface area contributed by atoms with Crippen LogP contribution in [0.4, 0.5) is 22.0 Å². The molecule has 7 nitrogen and oxygen atoms in total. The summed E-state index contributed by atoms with van der Waals surface area (Å²) in [4.78, 5) is 36.4. The van der Waals surface area contributed by atoms with Gasteiger partial charge in [-0.1, -0.05) is 18.2 Å². The van der Waals surface area contributed by atoms with Crippen LogP contribution in [0.5, 0.6) is 0 Å². The predicted octanol–water partition coefficient (Wildman–Crippen LogP) is 2.72. The van der Waals surface area contributed by atoms with Gasteiger partial charge in [-0.25, -0.2) is 4.79 Å². The first-order chi connectivity index (χ1) is 13.4. The molecule has 29 heavy (non-hydrogen) atoms. The first kappa shape index (κ1) is 22.1. The van der Waals surface area contributed by atoms with Crippen molar-refractivity contribution in [2.45, 2.75) is 19.2 Å². The van der Waals surface area contributed by atoms with Crippen LogP contribution in [0.3, 0.4) is 0 Å². The van der Waals surface area contributed by atoms with Crippen LogP contribution < -0.4 is 0 Å². The normalized spacial score (nSPS) is 14.4.